The summed E-state index contributed by atoms with van der Waals surface area (Å²) in [6, 6.07) is -0.0683. The molecule has 0 spiro atoms. The van der Waals surface area contributed by atoms with Gasteiger partial charge in [-0.2, -0.15) is 9.78 Å². The number of nitrogens with zero attached hydrogens (tertiary/aromatic N) is 3. The smallest absolute Gasteiger partial charge is 0.329 e. The van der Waals surface area contributed by atoms with Gasteiger partial charge in [0.25, 0.3) is 0 Å². The second-order valence-electron chi connectivity index (χ2n) is 4.03. The Morgan fingerprint density at radius 3 is 2.93 bits per heavy atom. The molecule has 0 unspecified atom stereocenters. The first-order chi connectivity index (χ1) is 7.11. The van der Waals surface area contributed by atoms with Gasteiger partial charge in [-0.1, -0.05) is 0 Å². The van der Waals surface area contributed by atoms with Crippen molar-refractivity contribution < 1.29 is 4.79 Å². The second kappa shape index (κ2) is 3.66. The zero-order valence-corrected chi connectivity index (χ0v) is 9.37. The van der Waals surface area contributed by atoms with Crippen molar-refractivity contribution in [3.05, 3.63) is 17.0 Å². The summed E-state index contributed by atoms with van der Waals surface area (Å²) in [5.74, 6) is 0. The van der Waals surface area contributed by atoms with Gasteiger partial charge >= 0.3 is 6.03 Å². The maximum absolute atomic E-state index is 11.8. The van der Waals surface area contributed by atoms with Crippen molar-refractivity contribution in [1.82, 2.24) is 20.0 Å². The van der Waals surface area contributed by atoms with Gasteiger partial charge < -0.3 is 10.2 Å². The van der Waals surface area contributed by atoms with E-state index in [1.54, 1.807) is 19.0 Å². The normalized spacial score (nSPS) is 14.9. The highest BCUT2D eigenvalue weighted by Gasteiger charge is 2.22. The SMILES string of the molecule is Cc1nn(C(=O)N(C)C)c2c1CNCC2. The van der Waals surface area contributed by atoms with Crippen LogP contribution in [-0.4, -0.2) is 41.4 Å². The van der Waals surface area contributed by atoms with Crippen LogP contribution in [0.15, 0.2) is 0 Å². The Labute approximate surface area is 89.1 Å². The van der Waals surface area contributed by atoms with Gasteiger partial charge in [0.1, 0.15) is 0 Å². The zero-order valence-electron chi connectivity index (χ0n) is 9.37. The maximum Gasteiger partial charge on any atom is 0.344 e. The van der Waals surface area contributed by atoms with E-state index in [1.807, 2.05) is 6.92 Å². The van der Waals surface area contributed by atoms with E-state index in [9.17, 15) is 4.79 Å². The van der Waals surface area contributed by atoms with E-state index in [-0.39, 0.29) is 6.03 Å². The van der Waals surface area contributed by atoms with Crippen LogP contribution in [0.3, 0.4) is 0 Å². The predicted molar refractivity (Wildman–Crippen MR) is 56.9 cm³/mol. The van der Waals surface area contributed by atoms with Crippen LogP contribution < -0.4 is 5.32 Å². The van der Waals surface area contributed by atoms with E-state index in [0.29, 0.717) is 0 Å². The third-order valence-electron chi connectivity index (χ3n) is 2.69. The summed E-state index contributed by atoms with van der Waals surface area (Å²) >= 11 is 0. The van der Waals surface area contributed by atoms with Crippen LogP contribution in [0, 0.1) is 6.92 Å². The van der Waals surface area contributed by atoms with Crippen molar-refractivity contribution in [2.24, 2.45) is 0 Å². The fraction of sp³-hybridized carbons (Fsp3) is 0.600. The summed E-state index contributed by atoms with van der Waals surface area (Å²) in [7, 11) is 3.49. The molecule has 1 aromatic heterocycles. The topological polar surface area (TPSA) is 50.2 Å². The third-order valence-corrected chi connectivity index (χ3v) is 2.69. The van der Waals surface area contributed by atoms with E-state index < -0.39 is 0 Å². The summed E-state index contributed by atoms with van der Waals surface area (Å²) in [5, 5.41) is 7.58. The van der Waals surface area contributed by atoms with Crippen LogP contribution >= 0.6 is 0 Å². The molecule has 2 rings (SSSR count). The van der Waals surface area contributed by atoms with Crippen molar-refractivity contribution in [3.63, 3.8) is 0 Å². The molecule has 2 heterocycles. The number of amides is 1. The van der Waals surface area contributed by atoms with Gasteiger partial charge in [-0.15, -0.1) is 0 Å². The molecule has 82 valence electrons. The molecule has 0 atom stereocenters. The van der Waals surface area contributed by atoms with E-state index in [2.05, 4.69) is 10.4 Å². The molecule has 0 radical (unpaired) electrons. The number of aryl methyl sites for hydroxylation is 1. The lowest BCUT2D eigenvalue weighted by molar-refractivity contribution is 0.214. The highest BCUT2D eigenvalue weighted by Crippen LogP contribution is 2.17. The number of fused-ring (bicyclic) bond motifs is 1. The number of aromatic nitrogens is 2. The van der Waals surface area contributed by atoms with Crippen molar-refractivity contribution in [2.75, 3.05) is 20.6 Å². The van der Waals surface area contributed by atoms with Crippen molar-refractivity contribution in [1.29, 1.82) is 0 Å². The Bertz CT molecular complexity index is 394. The molecule has 0 saturated heterocycles. The van der Waals surface area contributed by atoms with Gasteiger partial charge in [-0.3, -0.25) is 0 Å². The molecule has 0 saturated carbocycles. The van der Waals surface area contributed by atoms with Gasteiger partial charge in [0.2, 0.25) is 0 Å². The first-order valence-corrected chi connectivity index (χ1v) is 5.11. The first-order valence-electron chi connectivity index (χ1n) is 5.11. The molecule has 1 amide bonds. The van der Waals surface area contributed by atoms with Crippen LogP contribution in [0.25, 0.3) is 0 Å². The summed E-state index contributed by atoms with van der Waals surface area (Å²) in [6.45, 7) is 3.69. The van der Waals surface area contributed by atoms with E-state index >= 15 is 0 Å². The molecule has 1 N–H and O–H groups in total. The standard InChI is InChI=1S/C10H16N4O/c1-7-8-6-11-5-4-9(8)14(12-7)10(15)13(2)3/h11H,4-6H2,1-3H3. The maximum atomic E-state index is 11.8. The van der Waals surface area contributed by atoms with E-state index in [0.717, 1.165) is 30.9 Å². The Kier molecular flexibility index (Phi) is 2.48. The van der Waals surface area contributed by atoms with Crippen LogP contribution in [0.1, 0.15) is 17.0 Å². The molecule has 0 aromatic carbocycles. The zero-order chi connectivity index (χ0) is 11.0. The monoisotopic (exact) mass is 208 g/mol. The Morgan fingerprint density at radius 2 is 2.27 bits per heavy atom. The summed E-state index contributed by atoms with van der Waals surface area (Å²) < 4.78 is 1.53. The van der Waals surface area contributed by atoms with Crippen LogP contribution in [0.2, 0.25) is 0 Å². The summed E-state index contributed by atoms with van der Waals surface area (Å²) in [6.07, 6.45) is 0.871. The van der Waals surface area contributed by atoms with Gasteiger partial charge in [0.05, 0.1) is 11.4 Å². The molecule has 5 heteroatoms. The fourth-order valence-electron chi connectivity index (χ4n) is 1.86. The van der Waals surface area contributed by atoms with E-state index in [4.69, 9.17) is 0 Å². The van der Waals surface area contributed by atoms with Gasteiger partial charge in [0, 0.05) is 39.2 Å². The number of nitrogens with one attached hydrogen (secondary N) is 1. The number of carbonyl (C=O) groups excluding carboxylic acids is 1. The molecule has 0 fully saturated rings. The van der Waals surface area contributed by atoms with Crippen LogP contribution in [-0.2, 0) is 13.0 Å². The lowest BCUT2D eigenvalue weighted by Crippen LogP contribution is -2.32. The fourth-order valence-corrected chi connectivity index (χ4v) is 1.86. The molecule has 1 aliphatic heterocycles. The quantitative estimate of drug-likeness (QED) is 0.670. The second-order valence-corrected chi connectivity index (χ2v) is 4.03. The molecule has 1 aliphatic rings. The Hall–Kier alpha value is -1.36. The van der Waals surface area contributed by atoms with Gasteiger partial charge in [0.15, 0.2) is 0 Å². The highest BCUT2D eigenvalue weighted by atomic mass is 16.2. The molecule has 0 bridgehead atoms. The average Bonchev–Trinajstić information content (AvgIpc) is 2.56. The summed E-state index contributed by atoms with van der Waals surface area (Å²) in [5.41, 5.74) is 3.19. The summed E-state index contributed by atoms with van der Waals surface area (Å²) in [4.78, 5) is 13.4. The molecular weight excluding hydrogens is 192 g/mol. The van der Waals surface area contributed by atoms with Crippen molar-refractivity contribution >= 4 is 6.03 Å². The minimum Gasteiger partial charge on any atom is -0.329 e. The number of rotatable bonds is 0. The molecular formula is C10H16N4O. The molecule has 15 heavy (non-hydrogen) atoms. The molecule has 5 nitrogen and oxygen atoms in total. The number of hydrogen-bond acceptors (Lipinski definition) is 3. The van der Waals surface area contributed by atoms with Crippen LogP contribution in [0.4, 0.5) is 4.79 Å². The van der Waals surface area contributed by atoms with Crippen LogP contribution in [0.5, 0.6) is 0 Å². The third kappa shape index (κ3) is 1.63. The van der Waals surface area contributed by atoms with Gasteiger partial charge in [-0.05, 0) is 6.92 Å². The minimum absolute atomic E-state index is 0.0683. The van der Waals surface area contributed by atoms with E-state index in [1.165, 1.54) is 10.2 Å². The number of hydrogen-bond donors (Lipinski definition) is 1. The number of carbonyl (C=O) groups is 1. The predicted octanol–water partition coefficient (Wildman–Crippen LogP) is 0.367. The minimum atomic E-state index is -0.0683. The Morgan fingerprint density at radius 1 is 1.53 bits per heavy atom. The highest BCUT2D eigenvalue weighted by molar-refractivity contribution is 5.76. The van der Waals surface area contributed by atoms with Crippen molar-refractivity contribution in [2.45, 2.75) is 19.9 Å². The van der Waals surface area contributed by atoms with Crippen molar-refractivity contribution in [3.8, 4) is 0 Å². The van der Waals surface area contributed by atoms with Gasteiger partial charge in [-0.25, -0.2) is 4.79 Å². The lowest BCUT2D eigenvalue weighted by atomic mass is 10.1. The Balaban J connectivity index is 2.44. The average molecular weight is 208 g/mol. The lowest BCUT2D eigenvalue weighted by Gasteiger charge is -2.16. The first kappa shape index (κ1) is 10.2. The molecule has 1 aromatic rings. The molecule has 0 aliphatic carbocycles. The largest absolute Gasteiger partial charge is 0.344 e.